The van der Waals surface area contributed by atoms with E-state index in [2.05, 4.69) is 0 Å². The fourth-order valence-corrected chi connectivity index (χ4v) is 1.00. The zero-order valence-corrected chi connectivity index (χ0v) is 8.48. The van der Waals surface area contributed by atoms with Crippen molar-refractivity contribution in [1.82, 2.24) is 0 Å². The molecule has 0 bridgehead atoms. The molecule has 0 aliphatic heterocycles. The minimum absolute atomic E-state index is 0.0896. The zero-order chi connectivity index (χ0) is 10.2. The fourth-order valence-electron chi connectivity index (χ4n) is 1.00. The van der Waals surface area contributed by atoms with E-state index in [0.29, 0.717) is 19.8 Å². The predicted molar refractivity (Wildman–Crippen MR) is 56.4 cm³/mol. The van der Waals surface area contributed by atoms with E-state index in [4.69, 9.17) is 15.2 Å². The van der Waals surface area contributed by atoms with Crippen LogP contribution in [0, 0.1) is 0 Å². The highest BCUT2D eigenvalue weighted by Crippen LogP contribution is 2.07. The maximum Gasteiger partial charge on any atom is 0.119 e. The topological polar surface area (TPSA) is 44.5 Å². The van der Waals surface area contributed by atoms with E-state index in [1.54, 1.807) is 0 Å². The molecule has 3 nitrogen and oxygen atoms in total. The van der Waals surface area contributed by atoms with Gasteiger partial charge in [0.05, 0.1) is 13.2 Å². The van der Waals surface area contributed by atoms with Crippen LogP contribution in [0.3, 0.4) is 0 Å². The van der Waals surface area contributed by atoms with Crippen LogP contribution >= 0.6 is 0 Å². The molecule has 0 saturated carbocycles. The number of benzene rings is 1. The average Bonchev–Trinajstić information content (AvgIpc) is 2.18. The Morgan fingerprint density at radius 3 is 2.57 bits per heavy atom. The summed E-state index contributed by atoms with van der Waals surface area (Å²) in [5.41, 5.74) is 5.52. The molecule has 78 valence electrons. The van der Waals surface area contributed by atoms with Crippen molar-refractivity contribution in [3.05, 3.63) is 30.3 Å². The van der Waals surface area contributed by atoms with E-state index >= 15 is 0 Å². The van der Waals surface area contributed by atoms with Crippen LogP contribution in [0.2, 0.25) is 0 Å². The third-order valence-electron chi connectivity index (χ3n) is 1.62. The Balaban J connectivity index is 2.05. The van der Waals surface area contributed by atoms with Crippen molar-refractivity contribution in [1.29, 1.82) is 0 Å². The van der Waals surface area contributed by atoms with Gasteiger partial charge < -0.3 is 15.2 Å². The molecular formula is C11H17NO2. The van der Waals surface area contributed by atoms with E-state index in [1.165, 1.54) is 0 Å². The van der Waals surface area contributed by atoms with E-state index in [-0.39, 0.29) is 6.04 Å². The summed E-state index contributed by atoms with van der Waals surface area (Å²) in [6.45, 7) is 3.64. The second-order valence-electron chi connectivity index (χ2n) is 3.21. The Kier molecular flexibility index (Phi) is 5.04. The molecule has 14 heavy (non-hydrogen) atoms. The highest BCUT2D eigenvalue weighted by atomic mass is 16.5. The van der Waals surface area contributed by atoms with E-state index < -0.39 is 0 Å². The van der Waals surface area contributed by atoms with Crippen LogP contribution in [0.25, 0.3) is 0 Å². The SMILES string of the molecule is CC(N)COCCOc1ccccc1. The molecule has 0 saturated heterocycles. The van der Waals surface area contributed by atoms with Crippen molar-refractivity contribution in [2.45, 2.75) is 13.0 Å². The first kappa shape index (κ1) is 11.0. The van der Waals surface area contributed by atoms with Crippen LogP contribution < -0.4 is 10.5 Å². The number of para-hydroxylation sites is 1. The summed E-state index contributed by atoms with van der Waals surface area (Å²) in [6.07, 6.45) is 0. The smallest absolute Gasteiger partial charge is 0.119 e. The van der Waals surface area contributed by atoms with E-state index in [0.717, 1.165) is 5.75 Å². The monoisotopic (exact) mass is 195 g/mol. The minimum atomic E-state index is 0.0896. The quantitative estimate of drug-likeness (QED) is 0.698. The van der Waals surface area contributed by atoms with Crippen LogP contribution in [-0.2, 0) is 4.74 Å². The van der Waals surface area contributed by atoms with Crippen molar-refractivity contribution in [3.63, 3.8) is 0 Å². The lowest BCUT2D eigenvalue weighted by Crippen LogP contribution is -2.23. The molecule has 1 unspecified atom stereocenters. The van der Waals surface area contributed by atoms with Gasteiger partial charge in [0, 0.05) is 6.04 Å². The summed E-state index contributed by atoms with van der Waals surface area (Å²) in [6, 6.07) is 9.78. The van der Waals surface area contributed by atoms with Crippen molar-refractivity contribution < 1.29 is 9.47 Å². The number of nitrogens with two attached hydrogens (primary N) is 1. The first-order chi connectivity index (χ1) is 6.79. The molecule has 0 spiro atoms. The summed E-state index contributed by atoms with van der Waals surface area (Å²) in [5, 5.41) is 0. The number of hydrogen-bond donors (Lipinski definition) is 1. The Labute approximate surface area is 84.8 Å². The van der Waals surface area contributed by atoms with Gasteiger partial charge in [-0.15, -0.1) is 0 Å². The lowest BCUT2D eigenvalue weighted by atomic mass is 10.3. The van der Waals surface area contributed by atoms with Gasteiger partial charge in [-0.2, -0.15) is 0 Å². The summed E-state index contributed by atoms with van der Waals surface area (Å²) in [7, 11) is 0. The van der Waals surface area contributed by atoms with Gasteiger partial charge in [-0.3, -0.25) is 0 Å². The third-order valence-corrected chi connectivity index (χ3v) is 1.62. The largest absolute Gasteiger partial charge is 0.491 e. The van der Waals surface area contributed by atoms with Crippen LogP contribution in [0.1, 0.15) is 6.92 Å². The number of rotatable bonds is 6. The molecule has 0 aliphatic rings. The molecule has 1 aromatic rings. The molecule has 0 aliphatic carbocycles. The Morgan fingerprint density at radius 1 is 1.21 bits per heavy atom. The van der Waals surface area contributed by atoms with Gasteiger partial charge >= 0.3 is 0 Å². The van der Waals surface area contributed by atoms with Crippen LogP contribution in [-0.4, -0.2) is 25.9 Å². The number of hydrogen-bond acceptors (Lipinski definition) is 3. The lowest BCUT2D eigenvalue weighted by Gasteiger charge is -2.08. The molecule has 0 radical (unpaired) electrons. The third kappa shape index (κ3) is 4.84. The molecule has 1 rings (SSSR count). The second kappa shape index (κ2) is 6.40. The lowest BCUT2D eigenvalue weighted by molar-refractivity contribution is 0.0931. The standard InChI is InChI=1S/C11H17NO2/c1-10(12)9-13-7-8-14-11-5-3-2-4-6-11/h2-6,10H,7-9,12H2,1H3. The molecule has 0 amide bonds. The Bertz CT molecular complexity index is 236. The summed E-state index contributed by atoms with van der Waals surface area (Å²) >= 11 is 0. The molecule has 0 heterocycles. The molecule has 3 heteroatoms. The molecule has 0 fully saturated rings. The zero-order valence-electron chi connectivity index (χ0n) is 8.48. The Morgan fingerprint density at radius 2 is 1.93 bits per heavy atom. The maximum atomic E-state index is 5.52. The molecule has 1 atom stereocenters. The first-order valence-electron chi connectivity index (χ1n) is 4.80. The first-order valence-corrected chi connectivity index (χ1v) is 4.80. The number of ether oxygens (including phenoxy) is 2. The normalized spacial score (nSPS) is 12.4. The van der Waals surface area contributed by atoms with Crippen LogP contribution in [0.4, 0.5) is 0 Å². The van der Waals surface area contributed by atoms with E-state index in [1.807, 2.05) is 37.3 Å². The van der Waals surface area contributed by atoms with Gasteiger partial charge in [0.25, 0.3) is 0 Å². The van der Waals surface area contributed by atoms with E-state index in [9.17, 15) is 0 Å². The van der Waals surface area contributed by atoms with Crippen molar-refractivity contribution in [2.24, 2.45) is 5.73 Å². The van der Waals surface area contributed by atoms with Gasteiger partial charge in [0.2, 0.25) is 0 Å². The maximum absolute atomic E-state index is 5.52. The molecule has 0 aromatic heterocycles. The van der Waals surface area contributed by atoms with Crippen molar-refractivity contribution in [3.8, 4) is 5.75 Å². The van der Waals surface area contributed by atoms with Crippen molar-refractivity contribution in [2.75, 3.05) is 19.8 Å². The van der Waals surface area contributed by atoms with Crippen molar-refractivity contribution >= 4 is 0 Å². The minimum Gasteiger partial charge on any atom is -0.491 e. The van der Waals surface area contributed by atoms with Gasteiger partial charge in [-0.05, 0) is 19.1 Å². The van der Waals surface area contributed by atoms with Gasteiger partial charge in [-0.25, -0.2) is 0 Å². The summed E-state index contributed by atoms with van der Waals surface area (Å²) in [5.74, 6) is 0.872. The van der Waals surface area contributed by atoms with Gasteiger partial charge in [0.1, 0.15) is 12.4 Å². The summed E-state index contributed by atoms with van der Waals surface area (Å²) < 4.78 is 10.7. The highest BCUT2D eigenvalue weighted by Gasteiger charge is 1.94. The second-order valence-corrected chi connectivity index (χ2v) is 3.21. The average molecular weight is 195 g/mol. The molecule has 2 N–H and O–H groups in total. The van der Waals surface area contributed by atoms with Gasteiger partial charge in [0.15, 0.2) is 0 Å². The van der Waals surface area contributed by atoms with Gasteiger partial charge in [-0.1, -0.05) is 18.2 Å². The predicted octanol–water partition coefficient (Wildman–Crippen LogP) is 1.43. The molecular weight excluding hydrogens is 178 g/mol. The van der Waals surface area contributed by atoms with Crippen LogP contribution in [0.5, 0.6) is 5.75 Å². The highest BCUT2D eigenvalue weighted by molar-refractivity contribution is 5.20. The fraction of sp³-hybridized carbons (Fsp3) is 0.455. The van der Waals surface area contributed by atoms with Crippen LogP contribution in [0.15, 0.2) is 30.3 Å². The summed E-state index contributed by atoms with van der Waals surface area (Å²) in [4.78, 5) is 0. The molecule has 1 aromatic carbocycles. The Hall–Kier alpha value is -1.06.